The van der Waals surface area contributed by atoms with Crippen molar-refractivity contribution in [2.75, 3.05) is 29.9 Å². The highest BCUT2D eigenvalue weighted by molar-refractivity contribution is 5.43. The Hall–Kier alpha value is -1.36. The third-order valence-electron chi connectivity index (χ3n) is 3.00. The van der Waals surface area contributed by atoms with Gasteiger partial charge in [-0.05, 0) is 18.9 Å². The number of unbranched alkanes of at least 4 members (excludes halogenated alkanes) is 1. The van der Waals surface area contributed by atoms with Gasteiger partial charge in [0.1, 0.15) is 5.82 Å². The summed E-state index contributed by atoms with van der Waals surface area (Å²) >= 11 is 0. The second-order valence-electron chi connectivity index (χ2n) is 4.51. The first-order valence-electron chi connectivity index (χ1n) is 6.37. The third kappa shape index (κ3) is 3.30. The Bertz CT molecular complexity index is 355. The topological polar surface area (TPSA) is 67.1 Å². The average molecular weight is 235 g/mol. The van der Waals surface area contributed by atoms with Crippen LogP contribution in [0.1, 0.15) is 26.2 Å². The molecule has 1 aliphatic heterocycles. The van der Waals surface area contributed by atoms with Gasteiger partial charge in [0.2, 0.25) is 5.95 Å². The number of rotatable bonds is 5. The van der Waals surface area contributed by atoms with Crippen molar-refractivity contribution < 1.29 is 0 Å². The van der Waals surface area contributed by atoms with E-state index in [9.17, 15) is 0 Å². The molecule has 0 radical (unpaired) electrons. The molecular weight excluding hydrogens is 214 g/mol. The molecule has 0 aromatic carbocycles. The molecule has 0 spiro atoms. The summed E-state index contributed by atoms with van der Waals surface area (Å²) in [6.07, 6.45) is 5.17. The lowest BCUT2D eigenvalue weighted by molar-refractivity contribution is 0.751. The van der Waals surface area contributed by atoms with Gasteiger partial charge in [0.25, 0.3) is 0 Å². The van der Waals surface area contributed by atoms with Crippen LogP contribution >= 0.6 is 0 Å². The Balaban J connectivity index is 1.96. The minimum absolute atomic E-state index is 0.279. The summed E-state index contributed by atoms with van der Waals surface area (Å²) in [6, 6.07) is 2.23. The second-order valence-corrected chi connectivity index (χ2v) is 4.51. The zero-order valence-corrected chi connectivity index (χ0v) is 10.4. The summed E-state index contributed by atoms with van der Waals surface area (Å²) in [5.41, 5.74) is 5.90. The number of nitrogens with one attached hydrogen (secondary N) is 1. The molecule has 1 aromatic heterocycles. The maximum absolute atomic E-state index is 5.90. The zero-order chi connectivity index (χ0) is 12.1. The summed E-state index contributed by atoms with van der Waals surface area (Å²) in [4.78, 5) is 11.0. The van der Waals surface area contributed by atoms with Crippen LogP contribution in [0, 0.1) is 0 Å². The number of anilines is 2. The average Bonchev–Trinajstić information content (AvgIpc) is 2.77. The van der Waals surface area contributed by atoms with E-state index in [4.69, 9.17) is 5.73 Å². The largest absolute Gasteiger partial charge is 0.355 e. The molecule has 5 heteroatoms. The van der Waals surface area contributed by atoms with Gasteiger partial charge in [0.15, 0.2) is 0 Å². The van der Waals surface area contributed by atoms with Crippen molar-refractivity contribution in [2.45, 2.75) is 32.2 Å². The Morgan fingerprint density at radius 1 is 1.59 bits per heavy atom. The fourth-order valence-corrected chi connectivity index (χ4v) is 1.98. The molecule has 0 bridgehead atoms. The molecule has 0 aliphatic carbocycles. The molecule has 1 aromatic rings. The summed E-state index contributed by atoms with van der Waals surface area (Å²) in [7, 11) is 0. The van der Waals surface area contributed by atoms with Crippen LogP contribution < -0.4 is 16.0 Å². The molecule has 5 nitrogen and oxygen atoms in total. The maximum Gasteiger partial charge on any atom is 0.224 e. The minimum Gasteiger partial charge on any atom is -0.355 e. The van der Waals surface area contributed by atoms with Crippen molar-refractivity contribution in [3.05, 3.63) is 12.3 Å². The Morgan fingerprint density at radius 3 is 3.18 bits per heavy atom. The molecule has 3 N–H and O–H groups in total. The lowest BCUT2D eigenvalue weighted by atomic mass is 10.3. The van der Waals surface area contributed by atoms with Crippen LogP contribution in [0.4, 0.5) is 11.8 Å². The van der Waals surface area contributed by atoms with E-state index >= 15 is 0 Å². The molecule has 2 rings (SSSR count). The zero-order valence-electron chi connectivity index (χ0n) is 10.4. The van der Waals surface area contributed by atoms with E-state index in [2.05, 4.69) is 27.1 Å². The van der Waals surface area contributed by atoms with Crippen LogP contribution in [0.15, 0.2) is 12.3 Å². The first-order chi connectivity index (χ1) is 8.29. The monoisotopic (exact) mass is 235 g/mol. The van der Waals surface area contributed by atoms with E-state index in [-0.39, 0.29) is 6.04 Å². The van der Waals surface area contributed by atoms with Crippen molar-refractivity contribution in [1.82, 2.24) is 9.97 Å². The fourth-order valence-electron chi connectivity index (χ4n) is 1.98. The number of hydrogen-bond acceptors (Lipinski definition) is 5. The maximum atomic E-state index is 5.90. The van der Waals surface area contributed by atoms with Crippen molar-refractivity contribution in [3.8, 4) is 0 Å². The van der Waals surface area contributed by atoms with Crippen molar-refractivity contribution >= 4 is 11.8 Å². The van der Waals surface area contributed by atoms with Crippen LogP contribution in [-0.4, -0.2) is 35.6 Å². The molecule has 1 fully saturated rings. The predicted octanol–water partition coefficient (Wildman–Crippen LogP) is 1.23. The van der Waals surface area contributed by atoms with Crippen molar-refractivity contribution in [2.24, 2.45) is 5.73 Å². The van der Waals surface area contributed by atoms with Gasteiger partial charge < -0.3 is 16.0 Å². The van der Waals surface area contributed by atoms with Crippen LogP contribution in [0.25, 0.3) is 0 Å². The van der Waals surface area contributed by atoms with Gasteiger partial charge >= 0.3 is 0 Å². The number of nitrogens with zero attached hydrogens (tertiary/aromatic N) is 3. The van der Waals surface area contributed by atoms with Crippen molar-refractivity contribution in [1.29, 1.82) is 0 Å². The normalized spacial score (nSPS) is 19.6. The number of aromatic nitrogens is 2. The minimum atomic E-state index is 0.279. The lowest BCUT2D eigenvalue weighted by Crippen LogP contribution is -2.27. The van der Waals surface area contributed by atoms with Crippen LogP contribution in [-0.2, 0) is 0 Å². The smallest absolute Gasteiger partial charge is 0.224 e. The second kappa shape index (κ2) is 5.82. The SMILES string of the molecule is CCCCNc1nccc(N2CC[C@@H](N)C2)n1. The van der Waals surface area contributed by atoms with Gasteiger partial charge in [0, 0.05) is 31.9 Å². The van der Waals surface area contributed by atoms with E-state index in [1.165, 1.54) is 6.42 Å². The van der Waals surface area contributed by atoms with Crippen LogP contribution in [0.3, 0.4) is 0 Å². The highest BCUT2D eigenvalue weighted by Gasteiger charge is 2.20. The Labute approximate surface area is 102 Å². The highest BCUT2D eigenvalue weighted by Crippen LogP contribution is 2.17. The molecule has 0 amide bonds. The standard InChI is InChI=1S/C12H21N5/c1-2-3-6-14-12-15-7-4-11(16-12)17-8-5-10(13)9-17/h4,7,10H,2-3,5-6,8-9,13H2,1H3,(H,14,15,16)/t10-/m1/s1. The first-order valence-corrected chi connectivity index (χ1v) is 6.37. The Morgan fingerprint density at radius 2 is 2.47 bits per heavy atom. The number of hydrogen-bond donors (Lipinski definition) is 2. The Kier molecular flexibility index (Phi) is 4.14. The molecule has 17 heavy (non-hydrogen) atoms. The first kappa shape index (κ1) is 12.1. The van der Waals surface area contributed by atoms with Gasteiger partial charge in [-0.25, -0.2) is 4.98 Å². The third-order valence-corrected chi connectivity index (χ3v) is 3.00. The van der Waals surface area contributed by atoms with E-state index in [0.717, 1.165) is 44.2 Å². The van der Waals surface area contributed by atoms with Gasteiger partial charge in [-0.3, -0.25) is 0 Å². The molecule has 0 unspecified atom stereocenters. The molecule has 0 saturated carbocycles. The van der Waals surface area contributed by atoms with E-state index in [0.29, 0.717) is 0 Å². The van der Waals surface area contributed by atoms with Gasteiger partial charge in [-0.15, -0.1) is 0 Å². The van der Waals surface area contributed by atoms with Crippen LogP contribution in [0.5, 0.6) is 0 Å². The molecule has 2 heterocycles. The molecule has 94 valence electrons. The lowest BCUT2D eigenvalue weighted by Gasteiger charge is -2.17. The van der Waals surface area contributed by atoms with E-state index in [1.807, 2.05) is 6.07 Å². The summed E-state index contributed by atoms with van der Waals surface area (Å²) in [5, 5.41) is 3.24. The fraction of sp³-hybridized carbons (Fsp3) is 0.667. The predicted molar refractivity (Wildman–Crippen MR) is 70.2 cm³/mol. The van der Waals surface area contributed by atoms with Gasteiger partial charge in [0.05, 0.1) is 0 Å². The van der Waals surface area contributed by atoms with Crippen molar-refractivity contribution in [3.63, 3.8) is 0 Å². The van der Waals surface area contributed by atoms with Gasteiger partial charge in [-0.2, -0.15) is 4.98 Å². The molecule has 1 saturated heterocycles. The number of nitrogens with two attached hydrogens (primary N) is 1. The molecular formula is C12H21N5. The summed E-state index contributed by atoms with van der Waals surface area (Å²) < 4.78 is 0. The molecule has 1 atom stereocenters. The highest BCUT2D eigenvalue weighted by atomic mass is 15.2. The van der Waals surface area contributed by atoms with E-state index in [1.54, 1.807) is 6.20 Å². The summed E-state index contributed by atoms with van der Waals surface area (Å²) in [5.74, 6) is 1.70. The summed E-state index contributed by atoms with van der Waals surface area (Å²) in [6.45, 7) is 4.99. The quantitative estimate of drug-likeness (QED) is 0.751. The molecule has 1 aliphatic rings. The van der Waals surface area contributed by atoms with Gasteiger partial charge in [-0.1, -0.05) is 13.3 Å². The van der Waals surface area contributed by atoms with Crippen LogP contribution in [0.2, 0.25) is 0 Å². The van der Waals surface area contributed by atoms with E-state index < -0.39 is 0 Å².